The van der Waals surface area contributed by atoms with E-state index in [1.807, 2.05) is 6.92 Å². The van der Waals surface area contributed by atoms with Gasteiger partial charge in [0.05, 0.1) is 12.1 Å². The van der Waals surface area contributed by atoms with Gasteiger partial charge in [-0.25, -0.2) is 4.79 Å². The van der Waals surface area contributed by atoms with Gasteiger partial charge >= 0.3 is 5.97 Å². The van der Waals surface area contributed by atoms with Crippen molar-refractivity contribution in [3.63, 3.8) is 0 Å². The van der Waals surface area contributed by atoms with Crippen LogP contribution in [0, 0.1) is 0 Å². The molecule has 3 atom stereocenters. The fourth-order valence-electron chi connectivity index (χ4n) is 1.94. The second kappa shape index (κ2) is 5.27. The molecule has 1 aliphatic heterocycles. The first kappa shape index (κ1) is 12.9. The molecule has 0 aromatic heterocycles. The lowest BCUT2D eigenvalue weighted by atomic mass is 10.1. The van der Waals surface area contributed by atoms with E-state index in [9.17, 15) is 14.7 Å². The summed E-state index contributed by atoms with van der Waals surface area (Å²) in [6.07, 6.45) is 0.609. The number of carboxylic acids is 1. The maximum atomic E-state index is 11.8. The molecule has 1 fully saturated rings. The number of carbonyl (C=O) groups excluding carboxylic acids is 1. The van der Waals surface area contributed by atoms with Gasteiger partial charge in [0.2, 0.25) is 5.91 Å². The molecule has 0 aliphatic carbocycles. The Bertz CT molecular complexity index is 282. The van der Waals surface area contributed by atoms with E-state index in [0.29, 0.717) is 6.42 Å². The number of likely N-dealkylation sites (tertiary alicyclic amines) is 1. The van der Waals surface area contributed by atoms with Crippen LogP contribution in [-0.4, -0.2) is 51.7 Å². The number of nitrogens with two attached hydrogens (primary N) is 1. The molecule has 0 radical (unpaired) electrons. The molecule has 6 nitrogen and oxygen atoms in total. The molecule has 0 spiro atoms. The molecule has 1 amide bonds. The number of aliphatic carboxylic acids is 1. The normalized spacial score (nSPS) is 26.8. The number of aliphatic hydroxyl groups is 1. The first-order valence-corrected chi connectivity index (χ1v) is 5.44. The maximum absolute atomic E-state index is 11.8. The van der Waals surface area contributed by atoms with Crippen LogP contribution in [0.4, 0.5) is 0 Å². The molecular formula is C10H18N2O4. The molecule has 16 heavy (non-hydrogen) atoms. The van der Waals surface area contributed by atoms with Crippen molar-refractivity contribution in [1.82, 2.24) is 4.90 Å². The number of amides is 1. The monoisotopic (exact) mass is 230 g/mol. The van der Waals surface area contributed by atoms with Gasteiger partial charge in [0.25, 0.3) is 0 Å². The van der Waals surface area contributed by atoms with Crippen LogP contribution in [0.3, 0.4) is 0 Å². The van der Waals surface area contributed by atoms with Crippen LogP contribution >= 0.6 is 0 Å². The van der Waals surface area contributed by atoms with Gasteiger partial charge < -0.3 is 20.8 Å². The van der Waals surface area contributed by atoms with E-state index in [4.69, 9.17) is 10.8 Å². The van der Waals surface area contributed by atoms with Crippen molar-refractivity contribution in [2.45, 2.75) is 44.4 Å². The average Bonchev–Trinajstić information content (AvgIpc) is 2.59. The summed E-state index contributed by atoms with van der Waals surface area (Å²) in [5.41, 5.74) is 5.65. The lowest BCUT2D eigenvalue weighted by Crippen LogP contribution is -2.48. The van der Waals surface area contributed by atoms with Crippen molar-refractivity contribution in [2.75, 3.05) is 6.54 Å². The molecule has 0 bridgehead atoms. The summed E-state index contributed by atoms with van der Waals surface area (Å²) in [5.74, 6) is -1.47. The van der Waals surface area contributed by atoms with Gasteiger partial charge in [0, 0.05) is 13.0 Å². The predicted octanol–water partition coefficient (Wildman–Crippen LogP) is -0.840. The van der Waals surface area contributed by atoms with Crippen molar-refractivity contribution >= 4 is 11.9 Å². The van der Waals surface area contributed by atoms with Crippen LogP contribution in [0.1, 0.15) is 26.2 Å². The molecule has 1 aliphatic rings. The van der Waals surface area contributed by atoms with Gasteiger partial charge in [0.15, 0.2) is 0 Å². The van der Waals surface area contributed by atoms with Crippen molar-refractivity contribution < 1.29 is 19.8 Å². The zero-order chi connectivity index (χ0) is 12.3. The Labute approximate surface area is 94.0 Å². The lowest BCUT2D eigenvalue weighted by molar-refractivity contribution is -0.148. The highest BCUT2D eigenvalue weighted by Crippen LogP contribution is 2.19. The van der Waals surface area contributed by atoms with Gasteiger partial charge in [-0.3, -0.25) is 4.79 Å². The van der Waals surface area contributed by atoms with Gasteiger partial charge in [-0.2, -0.15) is 0 Å². The fraction of sp³-hybridized carbons (Fsp3) is 0.800. The molecular weight excluding hydrogens is 212 g/mol. The highest BCUT2D eigenvalue weighted by Gasteiger charge is 2.40. The Morgan fingerprint density at radius 1 is 1.56 bits per heavy atom. The molecule has 0 aromatic rings. The highest BCUT2D eigenvalue weighted by atomic mass is 16.4. The van der Waals surface area contributed by atoms with E-state index in [1.54, 1.807) is 0 Å². The van der Waals surface area contributed by atoms with Crippen molar-refractivity contribution in [1.29, 1.82) is 0 Å². The third-order valence-electron chi connectivity index (χ3n) is 2.76. The first-order chi connectivity index (χ1) is 7.47. The highest BCUT2D eigenvalue weighted by molar-refractivity contribution is 5.87. The van der Waals surface area contributed by atoms with Crippen molar-refractivity contribution in [3.05, 3.63) is 0 Å². The Kier molecular flexibility index (Phi) is 4.26. The van der Waals surface area contributed by atoms with Crippen molar-refractivity contribution in [2.24, 2.45) is 5.73 Å². The Balaban J connectivity index is 2.70. The zero-order valence-corrected chi connectivity index (χ0v) is 9.30. The Morgan fingerprint density at radius 2 is 2.19 bits per heavy atom. The number of aliphatic hydroxyl groups excluding tert-OH is 1. The standard InChI is InChI=1S/C10H18N2O4/c1-2-3-7(11)9(14)12-5-6(13)4-8(12)10(15)16/h6-8,13H,2-5,11H2,1H3,(H,15,16)/t6-,7+,8+/m1/s1. The van der Waals surface area contributed by atoms with Crippen LogP contribution < -0.4 is 5.73 Å². The fourth-order valence-corrected chi connectivity index (χ4v) is 1.94. The first-order valence-electron chi connectivity index (χ1n) is 5.44. The molecule has 0 unspecified atom stereocenters. The van der Waals surface area contributed by atoms with E-state index >= 15 is 0 Å². The van der Waals surface area contributed by atoms with Crippen molar-refractivity contribution in [3.8, 4) is 0 Å². The SMILES string of the molecule is CCC[C@H](N)C(=O)N1C[C@H](O)C[C@H]1C(=O)O. The predicted molar refractivity (Wildman–Crippen MR) is 56.6 cm³/mol. The number of carbonyl (C=O) groups is 2. The van der Waals surface area contributed by atoms with E-state index in [-0.39, 0.29) is 18.9 Å². The number of carboxylic acid groups (broad SMARTS) is 1. The Morgan fingerprint density at radius 3 is 2.69 bits per heavy atom. The molecule has 4 N–H and O–H groups in total. The summed E-state index contributed by atoms with van der Waals surface area (Å²) >= 11 is 0. The maximum Gasteiger partial charge on any atom is 0.326 e. The van der Waals surface area contributed by atoms with Crippen LogP contribution in [0.25, 0.3) is 0 Å². The summed E-state index contributed by atoms with van der Waals surface area (Å²) in [6, 6.07) is -1.61. The third-order valence-corrected chi connectivity index (χ3v) is 2.76. The summed E-state index contributed by atoms with van der Waals surface area (Å²) in [6.45, 7) is 1.97. The minimum Gasteiger partial charge on any atom is -0.480 e. The average molecular weight is 230 g/mol. The van der Waals surface area contributed by atoms with Gasteiger partial charge in [-0.1, -0.05) is 13.3 Å². The molecule has 1 saturated heterocycles. The molecule has 0 aromatic carbocycles. The third kappa shape index (κ3) is 2.70. The second-order valence-corrected chi connectivity index (χ2v) is 4.13. The molecule has 1 rings (SSSR count). The molecule has 1 heterocycles. The minimum absolute atomic E-state index is 0.0627. The van der Waals surface area contributed by atoms with E-state index < -0.39 is 24.2 Å². The molecule has 6 heteroatoms. The Hall–Kier alpha value is -1.14. The number of hydrogen-bond donors (Lipinski definition) is 3. The van der Waals surface area contributed by atoms with Gasteiger partial charge in [-0.15, -0.1) is 0 Å². The van der Waals surface area contributed by atoms with Crippen LogP contribution in [0.2, 0.25) is 0 Å². The molecule has 92 valence electrons. The van der Waals surface area contributed by atoms with Crippen LogP contribution in [0.5, 0.6) is 0 Å². The van der Waals surface area contributed by atoms with Crippen LogP contribution in [-0.2, 0) is 9.59 Å². The smallest absolute Gasteiger partial charge is 0.326 e. The van der Waals surface area contributed by atoms with E-state index in [2.05, 4.69) is 0 Å². The number of rotatable bonds is 4. The largest absolute Gasteiger partial charge is 0.480 e. The number of hydrogen-bond acceptors (Lipinski definition) is 4. The summed E-state index contributed by atoms with van der Waals surface area (Å²) in [7, 11) is 0. The van der Waals surface area contributed by atoms with E-state index in [0.717, 1.165) is 6.42 Å². The number of nitrogens with zero attached hydrogens (tertiary/aromatic N) is 1. The topological polar surface area (TPSA) is 104 Å². The summed E-state index contributed by atoms with van der Waals surface area (Å²) in [5, 5.41) is 18.3. The van der Waals surface area contributed by atoms with Crippen LogP contribution in [0.15, 0.2) is 0 Å². The van der Waals surface area contributed by atoms with Gasteiger partial charge in [-0.05, 0) is 6.42 Å². The van der Waals surface area contributed by atoms with Gasteiger partial charge in [0.1, 0.15) is 6.04 Å². The van der Waals surface area contributed by atoms with E-state index in [1.165, 1.54) is 4.90 Å². The second-order valence-electron chi connectivity index (χ2n) is 4.13. The summed E-state index contributed by atoms with van der Waals surface area (Å²) < 4.78 is 0. The number of β-amino-alcohol motifs (C(OH)–C–C–N with tert-alkyl or cyclic N) is 1. The quantitative estimate of drug-likeness (QED) is 0.584. The lowest BCUT2D eigenvalue weighted by Gasteiger charge is -2.24. The summed E-state index contributed by atoms with van der Waals surface area (Å²) in [4.78, 5) is 23.9. The zero-order valence-electron chi connectivity index (χ0n) is 9.30. The molecule has 0 saturated carbocycles. The minimum atomic E-state index is -1.09.